The lowest BCUT2D eigenvalue weighted by Crippen LogP contribution is -2.38. The van der Waals surface area contributed by atoms with Crippen LogP contribution < -0.4 is 15.6 Å². The lowest BCUT2D eigenvalue weighted by molar-refractivity contribution is 0.0322. The van der Waals surface area contributed by atoms with Gasteiger partial charge in [-0.1, -0.05) is 26.0 Å². The van der Waals surface area contributed by atoms with Crippen molar-refractivity contribution in [2.45, 2.75) is 32.5 Å². The third-order valence-electron chi connectivity index (χ3n) is 6.04. The summed E-state index contributed by atoms with van der Waals surface area (Å²) in [6.07, 6.45) is -0.361. The molecule has 0 amide bonds. The van der Waals surface area contributed by atoms with E-state index in [2.05, 4.69) is 15.8 Å². The molecule has 2 fully saturated rings. The SMILES string of the molecule is CC(C)c1cc(C2NNC(=S)N2Cc2ccc(OCCN3CCOCC3)cc2)c(O)cc1O. The zero-order valence-electron chi connectivity index (χ0n) is 19.1. The van der Waals surface area contributed by atoms with E-state index in [9.17, 15) is 10.2 Å². The van der Waals surface area contributed by atoms with E-state index in [0.717, 1.165) is 49.7 Å². The first-order chi connectivity index (χ1) is 15.9. The van der Waals surface area contributed by atoms with E-state index < -0.39 is 0 Å². The molecule has 2 aromatic rings. The molecule has 0 aromatic heterocycles. The molecule has 178 valence electrons. The number of phenolic OH excluding ortho intramolecular Hbond substituents is 2. The van der Waals surface area contributed by atoms with E-state index in [4.69, 9.17) is 21.7 Å². The Bertz CT molecular complexity index is 964. The molecule has 8 nitrogen and oxygen atoms in total. The van der Waals surface area contributed by atoms with Crippen LogP contribution in [0.1, 0.15) is 42.6 Å². The number of thiocarbonyl (C=S) groups is 1. The van der Waals surface area contributed by atoms with Crippen LogP contribution in [0.15, 0.2) is 36.4 Å². The maximum Gasteiger partial charge on any atom is 0.185 e. The molecule has 4 N–H and O–H groups in total. The van der Waals surface area contributed by atoms with Crippen LogP contribution in [-0.4, -0.2) is 64.6 Å². The van der Waals surface area contributed by atoms with Gasteiger partial charge in [0.1, 0.15) is 30.0 Å². The van der Waals surface area contributed by atoms with Crippen LogP contribution in [0.3, 0.4) is 0 Å². The van der Waals surface area contributed by atoms with Gasteiger partial charge in [-0.25, -0.2) is 5.43 Å². The van der Waals surface area contributed by atoms with E-state index in [0.29, 0.717) is 23.8 Å². The molecule has 33 heavy (non-hydrogen) atoms. The first-order valence-electron chi connectivity index (χ1n) is 11.3. The normalized spacial score (nSPS) is 19.2. The summed E-state index contributed by atoms with van der Waals surface area (Å²) in [5.41, 5.74) is 8.64. The largest absolute Gasteiger partial charge is 0.508 e. The Kier molecular flexibility index (Phi) is 7.54. The summed E-state index contributed by atoms with van der Waals surface area (Å²) in [5.74, 6) is 1.07. The van der Waals surface area contributed by atoms with Gasteiger partial charge < -0.3 is 24.6 Å². The van der Waals surface area contributed by atoms with Crippen molar-refractivity contribution in [2.24, 2.45) is 0 Å². The average Bonchev–Trinajstić information content (AvgIpc) is 3.15. The molecule has 2 saturated heterocycles. The number of benzene rings is 2. The Hall–Kier alpha value is -2.59. The molecule has 1 unspecified atom stereocenters. The topological polar surface area (TPSA) is 89.5 Å². The van der Waals surface area contributed by atoms with Crippen molar-refractivity contribution in [3.05, 3.63) is 53.1 Å². The highest BCUT2D eigenvalue weighted by atomic mass is 32.1. The van der Waals surface area contributed by atoms with Gasteiger partial charge in [0.25, 0.3) is 0 Å². The van der Waals surface area contributed by atoms with Crippen molar-refractivity contribution < 1.29 is 19.7 Å². The molecule has 0 aliphatic carbocycles. The van der Waals surface area contributed by atoms with Crippen molar-refractivity contribution >= 4 is 17.3 Å². The number of phenols is 2. The fraction of sp³-hybridized carbons (Fsp3) is 0.458. The van der Waals surface area contributed by atoms with Crippen molar-refractivity contribution in [3.8, 4) is 17.2 Å². The predicted octanol–water partition coefficient (Wildman–Crippen LogP) is 2.83. The van der Waals surface area contributed by atoms with E-state index >= 15 is 0 Å². The standard InChI is InChI=1S/C24H32N4O4S/c1-16(2)19-13-20(22(30)14-21(19)29)23-25-26-24(33)28(23)15-17-3-5-18(6-4-17)32-12-9-27-7-10-31-11-8-27/h3-6,13-14,16,23,25,29-30H,7-12,15H2,1-2H3,(H,26,33). The molecule has 0 saturated carbocycles. The summed E-state index contributed by atoms with van der Waals surface area (Å²) in [5, 5.41) is 21.3. The average molecular weight is 473 g/mol. The molecule has 0 spiro atoms. The number of nitrogens with zero attached hydrogens (tertiary/aromatic N) is 2. The summed E-state index contributed by atoms with van der Waals surface area (Å²) in [6.45, 7) is 9.58. The predicted molar refractivity (Wildman–Crippen MR) is 130 cm³/mol. The summed E-state index contributed by atoms with van der Waals surface area (Å²) < 4.78 is 11.3. The quantitative estimate of drug-likeness (QED) is 0.433. The highest BCUT2D eigenvalue weighted by Crippen LogP contribution is 2.37. The summed E-state index contributed by atoms with van der Waals surface area (Å²) in [6, 6.07) is 11.2. The van der Waals surface area contributed by atoms with Crippen molar-refractivity contribution in [1.82, 2.24) is 20.7 Å². The first-order valence-corrected chi connectivity index (χ1v) is 11.7. The molecule has 0 bridgehead atoms. The van der Waals surface area contributed by atoms with Gasteiger partial charge in [-0.05, 0) is 47.5 Å². The molecule has 2 aliphatic heterocycles. The lowest BCUT2D eigenvalue weighted by atomic mass is 9.97. The van der Waals surface area contributed by atoms with Crippen molar-refractivity contribution in [1.29, 1.82) is 0 Å². The molecular weight excluding hydrogens is 440 g/mol. The Morgan fingerprint density at radius 1 is 1.12 bits per heavy atom. The number of rotatable bonds is 8. The van der Waals surface area contributed by atoms with Crippen molar-refractivity contribution in [3.63, 3.8) is 0 Å². The van der Waals surface area contributed by atoms with E-state index in [1.54, 1.807) is 0 Å². The highest BCUT2D eigenvalue weighted by Gasteiger charge is 2.31. The Balaban J connectivity index is 1.40. The lowest BCUT2D eigenvalue weighted by Gasteiger charge is -2.26. The maximum absolute atomic E-state index is 10.5. The van der Waals surface area contributed by atoms with Gasteiger partial charge in [0.15, 0.2) is 5.11 Å². The van der Waals surface area contributed by atoms with Gasteiger partial charge in [0.2, 0.25) is 0 Å². The van der Waals surface area contributed by atoms with Gasteiger partial charge >= 0.3 is 0 Å². The molecule has 9 heteroatoms. The third-order valence-corrected chi connectivity index (χ3v) is 6.37. The summed E-state index contributed by atoms with van der Waals surface area (Å²) >= 11 is 5.50. The number of aromatic hydroxyl groups is 2. The minimum absolute atomic E-state index is 0.0231. The van der Waals surface area contributed by atoms with E-state index in [-0.39, 0.29) is 23.6 Å². The maximum atomic E-state index is 10.5. The fourth-order valence-corrected chi connectivity index (χ4v) is 4.33. The second-order valence-corrected chi connectivity index (χ2v) is 9.06. The summed E-state index contributed by atoms with van der Waals surface area (Å²) in [7, 11) is 0. The smallest absolute Gasteiger partial charge is 0.185 e. The van der Waals surface area contributed by atoms with Gasteiger partial charge in [-0.15, -0.1) is 0 Å². The highest BCUT2D eigenvalue weighted by molar-refractivity contribution is 7.80. The monoisotopic (exact) mass is 472 g/mol. The van der Waals surface area contributed by atoms with Crippen LogP contribution in [0.4, 0.5) is 0 Å². The van der Waals surface area contributed by atoms with Crippen LogP contribution >= 0.6 is 12.2 Å². The molecule has 2 aromatic carbocycles. The Morgan fingerprint density at radius 3 is 2.55 bits per heavy atom. The Morgan fingerprint density at radius 2 is 1.85 bits per heavy atom. The minimum Gasteiger partial charge on any atom is -0.508 e. The van der Waals surface area contributed by atoms with Gasteiger partial charge in [0.05, 0.1) is 13.2 Å². The number of hydrogen-bond donors (Lipinski definition) is 4. The van der Waals surface area contributed by atoms with E-state index in [1.165, 1.54) is 6.07 Å². The van der Waals surface area contributed by atoms with Gasteiger partial charge in [-0.3, -0.25) is 10.3 Å². The van der Waals surface area contributed by atoms with Crippen LogP contribution in [0.5, 0.6) is 17.2 Å². The zero-order chi connectivity index (χ0) is 23.4. The third kappa shape index (κ3) is 5.67. The van der Waals surface area contributed by atoms with Gasteiger partial charge in [0, 0.05) is 37.8 Å². The number of nitrogens with one attached hydrogen (secondary N) is 2. The first kappa shape index (κ1) is 23.6. The molecule has 4 rings (SSSR count). The number of hydrazine groups is 1. The zero-order valence-corrected chi connectivity index (χ0v) is 19.9. The number of ether oxygens (including phenoxy) is 2. The van der Waals surface area contributed by atoms with Crippen molar-refractivity contribution in [2.75, 3.05) is 39.5 Å². The van der Waals surface area contributed by atoms with Crippen LogP contribution in [0, 0.1) is 0 Å². The summed E-state index contributed by atoms with van der Waals surface area (Å²) in [4.78, 5) is 4.32. The number of morpholine rings is 1. The Labute approximate surface area is 200 Å². The minimum atomic E-state index is -0.361. The number of hydrogen-bond acceptors (Lipinski definition) is 7. The fourth-order valence-electron chi connectivity index (χ4n) is 4.10. The molecule has 1 atom stereocenters. The second kappa shape index (κ2) is 10.6. The van der Waals surface area contributed by atoms with E-state index in [1.807, 2.05) is 49.1 Å². The van der Waals surface area contributed by atoms with Crippen LogP contribution in [0.25, 0.3) is 0 Å². The molecule has 2 heterocycles. The molecule has 0 radical (unpaired) electrons. The van der Waals surface area contributed by atoms with Crippen LogP contribution in [-0.2, 0) is 11.3 Å². The molecular formula is C24H32N4O4S. The van der Waals surface area contributed by atoms with Crippen LogP contribution in [0.2, 0.25) is 0 Å². The second-order valence-electron chi connectivity index (χ2n) is 8.68. The molecule has 2 aliphatic rings. The van der Waals surface area contributed by atoms with Gasteiger partial charge in [-0.2, -0.15) is 0 Å².